The van der Waals surface area contributed by atoms with E-state index in [9.17, 15) is 18.4 Å². The van der Waals surface area contributed by atoms with Gasteiger partial charge in [0, 0.05) is 17.8 Å². The Kier molecular flexibility index (Phi) is 4.82. The summed E-state index contributed by atoms with van der Waals surface area (Å²) in [4.78, 5) is 30.1. The molecule has 8 heteroatoms. The SMILES string of the molecule is CC(C)(C)Cc1c(F)cc(F)c2[nH]c(Cn3cccc(NC=O)c3=O)nc12. The molecule has 0 aliphatic carbocycles. The van der Waals surface area contributed by atoms with Crippen molar-refractivity contribution in [1.82, 2.24) is 14.5 Å². The second-order valence-electron chi connectivity index (χ2n) is 7.58. The van der Waals surface area contributed by atoms with Crippen molar-refractivity contribution in [2.45, 2.75) is 33.7 Å². The minimum absolute atomic E-state index is 0.0257. The van der Waals surface area contributed by atoms with Crippen LogP contribution in [-0.2, 0) is 17.8 Å². The van der Waals surface area contributed by atoms with Crippen molar-refractivity contribution in [3.63, 3.8) is 0 Å². The first kappa shape index (κ1) is 18.8. The number of imidazole rings is 1. The summed E-state index contributed by atoms with van der Waals surface area (Å²) in [6.45, 7) is 5.90. The number of carbonyl (C=O) groups is 1. The molecule has 0 bridgehead atoms. The van der Waals surface area contributed by atoms with Gasteiger partial charge in [-0.3, -0.25) is 9.59 Å². The van der Waals surface area contributed by atoms with Gasteiger partial charge >= 0.3 is 0 Å². The lowest BCUT2D eigenvalue weighted by atomic mass is 9.87. The average molecular weight is 374 g/mol. The van der Waals surface area contributed by atoms with E-state index in [-0.39, 0.29) is 28.7 Å². The Morgan fingerprint density at radius 3 is 2.70 bits per heavy atom. The summed E-state index contributed by atoms with van der Waals surface area (Å²) >= 11 is 0. The second kappa shape index (κ2) is 6.94. The molecule has 0 saturated heterocycles. The quantitative estimate of drug-likeness (QED) is 0.673. The third-order valence-electron chi connectivity index (χ3n) is 4.08. The third kappa shape index (κ3) is 3.89. The fourth-order valence-corrected chi connectivity index (χ4v) is 2.97. The number of H-pyrrole nitrogens is 1. The van der Waals surface area contributed by atoms with Gasteiger partial charge in [0.1, 0.15) is 22.8 Å². The van der Waals surface area contributed by atoms with Crippen LogP contribution in [0.1, 0.15) is 32.2 Å². The number of benzene rings is 1. The van der Waals surface area contributed by atoms with Crippen LogP contribution in [0.3, 0.4) is 0 Å². The number of nitrogens with one attached hydrogen (secondary N) is 2. The van der Waals surface area contributed by atoms with E-state index in [0.717, 1.165) is 6.07 Å². The van der Waals surface area contributed by atoms with Gasteiger partial charge in [0.15, 0.2) is 5.82 Å². The maximum atomic E-state index is 14.4. The van der Waals surface area contributed by atoms with Gasteiger partial charge in [-0.15, -0.1) is 0 Å². The highest BCUT2D eigenvalue weighted by atomic mass is 19.1. The van der Waals surface area contributed by atoms with Crippen LogP contribution < -0.4 is 10.9 Å². The largest absolute Gasteiger partial charge is 0.338 e. The number of aromatic amines is 1. The monoisotopic (exact) mass is 374 g/mol. The maximum Gasteiger partial charge on any atom is 0.274 e. The van der Waals surface area contributed by atoms with Crippen LogP contribution in [0, 0.1) is 17.0 Å². The van der Waals surface area contributed by atoms with Gasteiger partial charge in [0.05, 0.1) is 12.1 Å². The first-order valence-electron chi connectivity index (χ1n) is 8.45. The zero-order valence-electron chi connectivity index (χ0n) is 15.3. The highest BCUT2D eigenvalue weighted by molar-refractivity contribution is 5.80. The van der Waals surface area contributed by atoms with Gasteiger partial charge in [0.25, 0.3) is 5.56 Å². The van der Waals surface area contributed by atoms with E-state index in [1.165, 1.54) is 16.8 Å². The normalized spacial score (nSPS) is 11.7. The molecule has 3 aromatic rings. The number of aromatic nitrogens is 3. The fraction of sp³-hybridized carbons (Fsp3) is 0.316. The van der Waals surface area contributed by atoms with E-state index in [1.54, 1.807) is 6.07 Å². The Balaban J connectivity index is 2.06. The maximum absolute atomic E-state index is 14.4. The van der Waals surface area contributed by atoms with E-state index in [4.69, 9.17) is 0 Å². The molecule has 0 fully saturated rings. The standard InChI is InChI=1S/C19H20F2N4O2/c1-19(2,3)8-11-12(20)7-13(21)17-16(11)23-15(24-17)9-25-6-4-5-14(18(25)27)22-10-26/h4-7,10H,8-9H2,1-3H3,(H,22,26)(H,23,24). The topological polar surface area (TPSA) is 79.8 Å². The number of pyridine rings is 1. The van der Waals surface area contributed by atoms with E-state index in [2.05, 4.69) is 15.3 Å². The number of hydrogen-bond donors (Lipinski definition) is 2. The lowest BCUT2D eigenvalue weighted by molar-refractivity contribution is -0.105. The molecule has 0 aliphatic heterocycles. The third-order valence-corrected chi connectivity index (χ3v) is 4.08. The molecule has 1 amide bonds. The molecule has 27 heavy (non-hydrogen) atoms. The molecule has 0 spiro atoms. The summed E-state index contributed by atoms with van der Waals surface area (Å²) in [5.41, 5.74) is 0.163. The molecule has 0 saturated carbocycles. The van der Waals surface area contributed by atoms with E-state index < -0.39 is 17.2 Å². The number of halogens is 2. The van der Waals surface area contributed by atoms with Crippen molar-refractivity contribution in [2.24, 2.45) is 5.41 Å². The van der Waals surface area contributed by atoms with Crippen LogP contribution in [0.4, 0.5) is 14.5 Å². The van der Waals surface area contributed by atoms with Gasteiger partial charge in [0.2, 0.25) is 6.41 Å². The lowest BCUT2D eigenvalue weighted by Crippen LogP contribution is -2.23. The molecule has 2 N–H and O–H groups in total. The lowest BCUT2D eigenvalue weighted by Gasteiger charge is -2.18. The van der Waals surface area contributed by atoms with E-state index in [1.807, 2.05) is 20.8 Å². The Morgan fingerprint density at radius 2 is 2.04 bits per heavy atom. The Morgan fingerprint density at radius 1 is 1.30 bits per heavy atom. The van der Waals surface area contributed by atoms with Gasteiger partial charge in [-0.05, 0) is 24.0 Å². The molecule has 6 nitrogen and oxygen atoms in total. The summed E-state index contributed by atoms with van der Waals surface area (Å²) in [6.07, 6.45) is 2.33. The average Bonchev–Trinajstić information content (AvgIpc) is 2.99. The minimum Gasteiger partial charge on any atom is -0.338 e. The number of anilines is 1. The number of rotatable bonds is 5. The summed E-state index contributed by atoms with van der Waals surface area (Å²) in [5, 5.41) is 2.33. The minimum atomic E-state index is -0.734. The van der Waals surface area contributed by atoms with E-state index in [0.29, 0.717) is 24.2 Å². The van der Waals surface area contributed by atoms with Crippen molar-refractivity contribution in [1.29, 1.82) is 0 Å². The van der Waals surface area contributed by atoms with E-state index >= 15 is 0 Å². The summed E-state index contributed by atoms with van der Waals surface area (Å²) in [6, 6.07) is 3.93. The molecule has 0 atom stereocenters. The van der Waals surface area contributed by atoms with Gasteiger partial charge < -0.3 is 14.9 Å². The molecule has 3 rings (SSSR count). The van der Waals surface area contributed by atoms with Crippen molar-refractivity contribution in [2.75, 3.05) is 5.32 Å². The van der Waals surface area contributed by atoms with Gasteiger partial charge in [-0.2, -0.15) is 0 Å². The number of carbonyl (C=O) groups excluding carboxylic acids is 1. The van der Waals surface area contributed by atoms with Crippen LogP contribution in [0.5, 0.6) is 0 Å². The van der Waals surface area contributed by atoms with Gasteiger partial charge in [-0.1, -0.05) is 20.8 Å². The molecule has 0 unspecified atom stereocenters. The predicted molar refractivity (Wildman–Crippen MR) is 98.7 cm³/mol. The number of amides is 1. The molecular weight excluding hydrogens is 354 g/mol. The molecule has 142 valence electrons. The van der Waals surface area contributed by atoms with Crippen LogP contribution in [0.25, 0.3) is 11.0 Å². The Hall–Kier alpha value is -3.03. The van der Waals surface area contributed by atoms with Crippen LogP contribution in [0.15, 0.2) is 29.2 Å². The molecule has 2 aromatic heterocycles. The first-order valence-corrected chi connectivity index (χ1v) is 8.45. The van der Waals surface area contributed by atoms with Gasteiger partial charge in [-0.25, -0.2) is 13.8 Å². The zero-order valence-corrected chi connectivity index (χ0v) is 15.3. The van der Waals surface area contributed by atoms with Crippen molar-refractivity contribution in [3.8, 4) is 0 Å². The number of hydrogen-bond acceptors (Lipinski definition) is 3. The fourth-order valence-electron chi connectivity index (χ4n) is 2.97. The number of nitrogens with zero attached hydrogens (tertiary/aromatic N) is 2. The smallest absolute Gasteiger partial charge is 0.274 e. The molecular formula is C19H20F2N4O2. The predicted octanol–water partition coefficient (Wildman–Crippen LogP) is 3.21. The highest BCUT2D eigenvalue weighted by Gasteiger charge is 2.22. The molecule has 2 heterocycles. The highest BCUT2D eigenvalue weighted by Crippen LogP contribution is 2.29. The number of fused-ring (bicyclic) bond motifs is 1. The zero-order chi connectivity index (χ0) is 19.8. The summed E-state index contributed by atoms with van der Waals surface area (Å²) in [7, 11) is 0. The Labute approximate surface area is 154 Å². The van der Waals surface area contributed by atoms with Crippen LogP contribution >= 0.6 is 0 Å². The molecule has 0 aliphatic rings. The second-order valence-corrected chi connectivity index (χ2v) is 7.58. The Bertz CT molecular complexity index is 1060. The molecule has 0 radical (unpaired) electrons. The van der Waals surface area contributed by atoms with Crippen LogP contribution in [0.2, 0.25) is 0 Å². The van der Waals surface area contributed by atoms with Crippen molar-refractivity contribution < 1.29 is 13.6 Å². The van der Waals surface area contributed by atoms with Crippen molar-refractivity contribution in [3.05, 3.63) is 57.8 Å². The summed E-state index contributed by atoms with van der Waals surface area (Å²) < 4.78 is 29.9. The van der Waals surface area contributed by atoms with Crippen molar-refractivity contribution >= 4 is 23.1 Å². The first-order chi connectivity index (χ1) is 12.7. The van der Waals surface area contributed by atoms with Crippen LogP contribution in [-0.4, -0.2) is 20.9 Å². The molecule has 1 aromatic carbocycles. The summed E-state index contributed by atoms with van der Waals surface area (Å²) in [5.74, 6) is -1.06.